The van der Waals surface area contributed by atoms with Crippen LogP contribution in [0.25, 0.3) is 0 Å². The van der Waals surface area contributed by atoms with Gasteiger partial charge in [0.05, 0.1) is 12.0 Å². The van der Waals surface area contributed by atoms with Gasteiger partial charge in [-0.15, -0.1) is 0 Å². The highest BCUT2D eigenvalue weighted by atomic mass is 16.5. The third-order valence-electron chi connectivity index (χ3n) is 3.62. The van der Waals surface area contributed by atoms with Crippen molar-refractivity contribution in [1.29, 1.82) is 0 Å². The van der Waals surface area contributed by atoms with E-state index in [9.17, 15) is 9.59 Å². The van der Waals surface area contributed by atoms with Crippen LogP contribution in [0.2, 0.25) is 0 Å². The summed E-state index contributed by atoms with van der Waals surface area (Å²) in [5.41, 5.74) is 0.871. The van der Waals surface area contributed by atoms with Crippen LogP contribution in [0.15, 0.2) is 24.3 Å². The van der Waals surface area contributed by atoms with Crippen LogP contribution in [0.4, 0.5) is 4.79 Å². The molecular weight excluding hydrogens is 232 g/mol. The third-order valence-corrected chi connectivity index (χ3v) is 3.62. The summed E-state index contributed by atoms with van der Waals surface area (Å²) < 4.78 is 5.80. The van der Waals surface area contributed by atoms with Crippen molar-refractivity contribution in [3.05, 3.63) is 29.8 Å². The second-order valence-electron chi connectivity index (χ2n) is 4.72. The Morgan fingerprint density at radius 2 is 2.11 bits per heavy atom. The highest BCUT2D eigenvalue weighted by Crippen LogP contribution is 2.42. The molecule has 18 heavy (non-hydrogen) atoms. The Morgan fingerprint density at radius 1 is 1.39 bits per heavy atom. The van der Waals surface area contributed by atoms with Crippen LogP contribution in [0, 0.1) is 5.92 Å². The number of nitrogens with zero attached hydrogens (tertiary/aromatic N) is 1. The second kappa shape index (κ2) is 3.73. The Hall–Kier alpha value is -2.04. The van der Waals surface area contributed by atoms with Crippen LogP contribution in [0.1, 0.15) is 18.5 Å². The molecule has 5 heteroatoms. The van der Waals surface area contributed by atoms with E-state index in [0.717, 1.165) is 11.3 Å². The standard InChI is InChI=1S/C13H14N2O3/c1-7(16)10-11-8-5-3-4-6-9(8)18-12(10)15(2)13(17)14-11/h3-6,10-12H,1-2H3,(H,14,17). The molecule has 94 valence electrons. The van der Waals surface area contributed by atoms with Crippen LogP contribution in [0.3, 0.4) is 0 Å². The van der Waals surface area contributed by atoms with Gasteiger partial charge in [0.15, 0.2) is 6.23 Å². The predicted octanol–water partition coefficient (Wildman–Crippen LogP) is 1.31. The number of para-hydroxylation sites is 1. The number of carbonyl (C=O) groups is 2. The minimum atomic E-state index is -0.517. The molecule has 5 nitrogen and oxygen atoms in total. The Bertz CT molecular complexity index is 529. The molecule has 2 heterocycles. The highest BCUT2D eigenvalue weighted by molar-refractivity contribution is 5.85. The molecule has 1 fully saturated rings. The summed E-state index contributed by atoms with van der Waals surface area (Å²) >= 11 is 0. The number of hydrogen-bond donors (Lipinski definition) is 1. The number of hydrogen-bond acceptors (Lipinski definition) is 3. The SMILES string of the molecule is CC(=O)C1C2NC(=O)N(C)C1Oc1ccccc12. The average Bonchev–Trinajstić information content (AvgIpc) is 2.35. The maximum atomic E-state index is 11.8. The lowest BCUT2D eigenvalue weighted by molar-refractivity contribution is -0.131. The minimum absolute atomic E-state index is 0.0198. The summed E-state index contributed by atoms with van der Waals surface area (Å²) in [4.78, 5) is 25.1. The van der Waals surface area contributed by atoms with Gasteiger partial charge in [0.1, 0.15) is 11.5 Å². The van der Waals surface area contributed by atoms with Crippen molar-refractivity contribution in [2.45, 2.75) is 19.2 Å². The Morgan fingerprint density at radius 3 is 2.83 bits per heavy atom. The molecule has 2 amide bonds. The van der Waals surface area contributed by atoms with Crippen molar-refractivity contribution < 1.29 is 14.3 Å². The molecule has 0 radical (unpaired) electrons. The number of nitrogens with one attached hydrogen (secondary N) is 1. The van der Waals surface area contributed by atoms with E-state index in [4.69, 9.17) is 4.74 Å². The second-order valence-corrected chi connectivity index (χ2v) is 4.72. The van der Waals surface area contributed by atoms with Crippen molar-refractivity contribution in [2.24, 2.45) is 5.92 Å². The van der Waals surface area contributed by atoms with Gasteiger partial charge >= 0.3 is 6.03 Å². The fourth-order valence-electron chi connectivity index (χ4n) is 2.68. The third kappa shape index (κ3) is 1.40. The van der Waals surface area contributed by atoms with Crippen molar-refractivity contribution in [2.75, 3.05) is 7.05 Å². The van der Waals surface area contributed by atoms with Crippen LogP contribution < -0.4 is 10.1 Å². The Balaban J connectivity index is 2.13. The van der Waals surface area contributed by atoms with Gasteiger partial charge in [0.25, 0.3) is 0 Å². The molecule has 1 saturated heterocycles. The molecule has 2 aliphatic heterocycles. The zero-order valence-electron chi connectivity index (χ0n) is 10.2. The molecule has 3 atom stereocenters. The van der Waals surface area contributed by atoms with E-state index >= 15 is 0 Å². The lowest BCUT2D eigenvalue weighted by Gasteiger charge is -2.46. The summed E-state index contributed by atoms with van der Waals surface area (Å²) in [6.45, 7) is 1.53. The Kier molecular flexibility index (Phi) is 2.29. The number of amides is 2. The molecule has 1 N–H and O–H groups in total. The van der Waals surface area contributed by atoms with Crippen molar-refractivity contribution >= 4 is 11.8 Å². The van der Waals surface area contributed by atoms with Crippen LogP contribution in [0.5, 0.6) is 5.75 Å². The number of ketones is 1. The first kappa shape index (κ1) is 11.1. The number of ether oxygens (including phenoxy) is 1. The molecule has 2 aliphatic rings. The summed E-state index contributed by atoms with van der Waals surface area (Å²) in [5, 5.41) is 2.87. The first-order valence-corrected chi connectivity index (χ1v) is 5.89. The maximum absolute atomic E-state index is 11.8. The molecule has 0 spiro atoms. The van der Waals surface area contributed by atoms with Crippen molar-refractivity contribution in [3.8, 4) is 5.75 Å². The molecule has 3 unspecified atom stereocenters. The van der Waals surface area contributed by atoms with Gasteiger partial charge in [0, 0.05) is 12.6 Å². The van der Waals surface area contributed by atoms with E-state index in [-0.39, 0.29) is 23.8 Å². The van der Waals surface area contributed by atoms with Gasteiger partial charge in [0.2, 0.25) is 0 Å². The lowest BCUT2D eigenvalue weighted by Crippen LogP contribution is -2.62. The quantitative estimate of drug-likeness (QED) is 0.812. The van der Waals surface area contributed by atoms with E-state index in [0.29, 0.717) is 0 Å². The zero-order chi connectivity index (χ0) is 12.9. The summed E-state index contributed by atoms with van der Waals surface area (Å²) in [5.74, 6) is 0.394. The lowest BCUT2D eigenvalue weighted by atomic mass is 9.84. The molecule has 0 aromatic heterocycles. The van der Waals surface area contributed by atoms with Crippen LogP contribution >= 0.6 is 0 Å². The predicted molar refractivity (Wildman–Crippen MR) is 64.1 cm³/mol. The molecule has 0 saturated carbocycles. The Labute approximate surface area is 105 Å². The van der Waals surface area contributed by atoms with E-state index in [2.05, 4.69) is 5.32 Å². The summed E-state index contributed by atoms with van der Waals surface area (Å²) in [6, 6.07) is 7.00. The van der Waals surface area contributed by atoms with Crippen LogP contribution in [-0.4, -0.2) is 30.0 Å². The van der Waals surface area contributed by atoms with Gasteiger partial charge in [-0.2, -0.15) is 0 Å². The number of carbonyl (C=O) groups excluding carboxylic acids is 2. The van der Waals surface area contributed by atoms with Gasteiger partial charge in [-0.1, -0.05) is 18.2 Å². The smallest absolute Gasteiger partial charge is 0.320 e. The van der Waals surface area contributed by atoms with Gasteiger partial charge in [-0.05, 0) is 13.0 Å². The highest BCUT2D eigenvalue weighted by Gasteiger charge is 2.48. The fraction of sp³-hybridized carbons (Fsp3) is 0.385. The molecule has 0 aliphatic carbocycles. The number of fused-ring (bicyclic) bond motifs is 4. The number of rotatable bonds is 1. The monoisotopic (exact) mass is 246 g/mol. The number of benzene rings is 1. The molecule has 3 rings (SSSR count). The molecule has 2 bridgehead atoms. The summed E-state index contributed by atoms with van der Waals surface area (Å²) in [6.07, 6.45) is -0.517. The number of urea groups is 1. The van der Waals surface area contributed by atoms with Gasteiger partial charge in [-0.25, -0.2) is 4.79 Å². The van der Waals surface area contributed by atoms with Crippen molar-refractivity contribution in [3.63, 3.8) is 0 Å². The van der Waals surface area contributed by atoms with Crippen LogP contribution in [-0.2, 0) is 4.79 Å². The van der Waals surface area contributed by atoms with Gasteiger partial charge < -0.3 is 10.1 Å². The summed E-state index contributed by atoms with van der Waals surface area (Å²) in [7, 11) is 1.64. The van der Waals surface area contributed by atoms with Gasteiger partial charge in [-0.3, -0.25) is 9.69 Å². The first-order valence-electron chi connectivity index (χ1n) is 5.89. The number of Topliss-reactive ketones (excluding diaryl/α,β-unsaturated/α-hetero) is 1. The van der Waals surface area contributed by atoms with E-state index in [1.807, 2.05) is 24.3 Å². The molecule has 1 aromatic carbocycles. The average molecular weight is 246 g/mol. The first-order chi connectivity index (χ1) is 8.59. The maximum Gasteiger partial charge on any atom is 0.320 e. The minimum Gasteiger partial charge on any atom is -0.469 e. The molecule has 1 aromatic rings. The van der Waals surface area contributed by atoms with E-state index < -0.39 is 6.23 Å². The van der Waals surface area contributed by atoms with E-state index in [1.165, 1.54) is 11.8 Å². The molecular formula is C13H14N2O3. The topological polar surface area (TPSA) is 58.6 Å². The van der Waals surface area contributed by atoms with E-state index in [1.54, 1.807) is 7.05 Å². The normalized spacial score (nSPS) is 29.1. The fourth-order valence-corrected chi connectivity index (χ4v) is 2.68. The zero-order valence-corrected chi connectivity index (χ0v) is 10.2. The largest absolute Gasteiger partial charge is 0.469 e. The van der Waals surface area contributed by atoms with Crippen molar-refractivity contribution in [1.82, 2.24) is 10.2 Å².